The van der Waals surface area contributed by atoms with Gasteiger partial charge in [-0.15, -0.1) is 0 Å². The maximum atomic E-state index is 12.2. The predicted molar refractivity (Wildman–Crippen MR) is 68.0 cm³/mol. The summed E-state index contributed by atoms with van der Waals surface area (Å²) in [6.07, 6.45) is 4.79. The van der Waals surface area contributed by atoms with Gasteiger partial charge in [-0.25, -0.2) is 9.67 Å². The number of para-hydroxylation sites is 1. The van der Waals surface area contributed by atoms with Gasteiger partial charge in [-0.3, -0.25) is 9.59 Å². The summed E-state index contributed by atoms with van der Waals surface area (Å²) in [5.41, 5.74) is 1.18. The minimum atomic E-state index is -0.150. The van der Waals surface area contributed by atoms with Crippen LogP contribution in [0.15, 0.2) is 36.9 Å². The van der Waals surface area contributed by atoms with Crippen LogP contribution in [0.3, 0.4) is 0 Å². The Kier molecular flexibility index (Phi) is 2.95. The lowest BCUT2D eigenvalue weighted by atomic mass is 10.0. The molecule has 1 aromatic heterocycles. The molecule has 1 fully saturated rings. The highest BCUT2D eigenvalue weighted by molar-refractivity contribution is 6.10. The number of carbonyl (C=O) groups is 2. The first-order valence-electron chi connectivity index (χ1n) is 6.25. The molecule has 0 radical (unpaired) electrons. The molecule has 0 amide bonds. The summed E-state index contributed by atoms with van der Waals surface area (Å²) in [7, 11) is 0. The summed E-state index contributed by atoms with van der Waals surface area (Å²) in [6.45, 7) is 0. The van der Waals surface area contributed by atoms with Crippen molar-refractivity contribution in [3.8, 4) is 5.69 Å². The smallest absolute Gasteiger partial charge is 0.172 e. The summed E-state index contributed by atoms with van der Waals surface area (Å²) in [6, 6.07) is 7.13. The summed E-state index contributed by atoms with van der Waals surface area (Å²) in [4.78, 5) is 27.8. The molecule has 19 heavy (non-hydrogen) atoms. The Morgan fingerprint density at radius 1 is 1.26 bits per heavy atom. The lowest BCUT2D eigenvalue weighted by Crippen LogP contribution is -2.12. The van der Waals surface area contributed by atoms with E-state index in [-0.39, 0.29) is 23.9 Å². The average Bonchev–Trinajstić information content (AvgIpc) is 3.14. The molecule has 0 spiro atoms. The molecule has 1 aromatic carbocycles. The van der Waals surface area contributed by atoms with Crippen LogP contribution in [0.1, 0.15) is 29.6 Å². The zero-order valence-corrected chi connectivity index (χ0v) is 10.3. The second kappa shape index (κ2) is 4.76. The van der Waals surface area contributed by atoms with Crippen LogP contribution in [0.5, 0.6) is 0 Å². The third kappa shape index (κ3) is 2.45. The van der Waals surface area contributed by atoms with Crippen molar-refractivity contribution in [2.24, 2.45) is 5.92 Å². The number of nitrogens with zero attached hydrogens (tertiary/aromatic N) is 3. The lowest BCUT2D eigenvalue weighted by Gasteiger charge is -2.07. The zero-order valence-electron chi connectivity index (χ0n) is 10.3. The van der Waals surface area contributed by atoms with Crippen molar-refractivity contribution >= 4 is 11.6 Å². The first kappa shape index (κ1) is 11.8. The van der Waals surface area contributed by atoms with E-state index in [4.69, 9.17) is 0 Å². The minimum Gasteiger partial charge on any atom is -0.299 e. The molecule has 1 aliphatic rings. The third-order valence-corrected chi connectivity index (χ3v) is 3.24. The van der Waals surface area contributed by atoms with E-state index in [2.05, 4.69) is 10.1 Å². The van der Waals surface area contributed by atoms with Crippen molar-refractivity contribution in [1.82, 2.24) is 14.8 Å². The van der Waals surface area contributed by atoms with Gasteiger partial charge in [0.25, 0.3) is 0 Å². The van der Waals surface area contributed by atoms with Gasteiger partial charge in [0.05, 0.1) is 12.1 Å². The second-order valence-corrected chi connectivity index (χ2v) is 4.70. The van der Waals surface area contributed by atoms with Crippen molar-refractivity contribution in [3.05, 3.63) is 42.5 Å². The molecule has 5 nitrogen and oxygen atoms in total. The normalized spacial score (nSPS) is 14.3. The lowest BCUT2D eigenvalue weighted by molar-refractivity contribution is -0.119. The van der Waals surface area contributed by atoms with Crippen molar-refractivity contribution in [2.75, 3.05) is 0 Å². The topological polar surface area (TPSA) is 64.8 Å². The quantitative estimate of drug-likeness (QED) is 0.604. The largest absolute Gasteiger partial charge is 0.299 e. The number of rotatable bonds is 5. The zero-order chi connectivity index (χ0) is 13.2. The number of aromatic nitrogens is 3. The fraction of sp³-hybridized carbons (Fsp3) is 0.286. The van der Waals surface area contributed by atoms with E-state index in [1.54, 1.807) is 18.2 Å². The molecule has 1 saturated carbocycles. The van der Waals surface area contributed by atoms with Crippen LogP contribution in [-0.2, 0) is 4.79 Å². The molecule has 2 aromatic rings. The number of carbonyl (C=O) groups excluding carboxylic acids is 2. The first-order valence-corrected chi connectivity index (χ1v) is 6.25. The number of ketones is 2. The number of benzene rings is 1. The maximum absolute atomic E-state index is 12.2. The van der Waals surface area contributed by atoms with Crippen molar-refractivity contribution in [1.29, 1.82) is 0 Å². The van der Waals surface area contributed by atoms with E-state index in [1.165, 1.54) is 17.3 Å². The number of hydrogen-bond donors (Lipinski definition) is 0. The minimum absolute atomic E-state index is 0.0175. The van der Waals surface area contributed by atoms with E-state index in [9.17, 15) is 9.59 Å². The molecule has 0 bridgehead atoms. The van der Waals surface area contributed by atoms with E-state index in [0.29, 0.717) is 11.3 Å². The molecule has 0 saturated heterocycles. The third-order valence-electron chi connectivity index (χ3n) is 3.24. The highest BCUT2D eigenvalue weighted by Gasteiger charge is 2.31. The molecule has 3 rings (SSSR count). The average molecular weight is 255 g/mol. The molecular weight excluding hydrogens is 242 g/mol. The molecule has 0 unspecified atom stereocenters. The first-order chi connectivity index (χ1) is 9.25. The Labute approximate surface area is 110 Å². The molecular formula is C14H13N3O2. The van der Waals surface area contributed by atoms with Crippen LogP contribution in [-0.4, -0.2) is 26.3 Å². The standard InChI is InChI=1S/C14H13N3O2/c18-13(10-5-6-10)7-14(19)11-3-1-2-4-12(11)17-9-15-8-16-17/h1-4,8-10H,5-7H2. The Hall–Kier alpha value is -2.30. The highest BCUT2D eigenvalue weighted by atomic mass is 16.1. The van der Waals surface area contributed by atoms with Crippen LogP contribution in [0, 0.1) is 5.92 Å². The fourth-order valence-corrected chi connectivity index (χ4v) is 2.04. The fourth-order valence-electron chi connectivity index (χ4n) is 2.04. The van der Waals surface area contributed by atoms with Crippen LogP contribution in [0.2, 0.25) is 0 Å². The molecule has 1 aliphatic carbocycles. The second-order valence-electron chi connectivity index (χ2n) is 4.70. The van der Waals surface area contributed by atoms with E-state index in [0.717, 1.165) is 12.8 Å². The van der Waals surface area contributed by atoms with Gasteiger partial charge in [0.1, 0.15) is 18.4 Å². The van der Waals surface area contributed by atoms with Crippen LogP contribution < -0.4 is 0 Å². The van der Waals surface area contributed by atoms with Gasteiger partial charge in [0.2, 0.25) is 0 Å². The van der Waals surface area contributed by atoms with Crippen LogP contribution in [0.25, 0.3) is 5.69 Å². The number of hydrogen-bond acceptors (Lipinski definition) is 4. The Bertz CT molecular complexity index is 615. The number of Topliss-reactive ketones (excluding diaryl/α,β-unsaturated/α-hetero) is 2. The van der Waals surface area contributed by atoms with Gasteiger partial charge < -0.3 is 0 Å². The molecule has 0 atom stereocenters. The SMILES string of the molecule is O=C(CC(=O)C1CC1)c1ccccc1-n1cncn1. The van der Waals surface area contributed by atoms with E-state index >= 15 is 0 Å². The summed E-state index contributed by atoms with van der Waals surface area (Å²) < 4.78 is 1.54. The summed E-state index contributed by atoms with van der Waals surface area (Å²) >= 11 is 0. The predicted octanol–water partition coefficient (Wildman–Crippen LogP) is 1.82. The molecule has 5 heteroatoms. The summed E-state index contributed by atoms with van der Waals surface area (Å²) in [5.74, 6) is 0.0175. The Balaban J connectivity index is 1.87. The highest BCUT2D eigenvalue weighted by Crippen LogP contribution is 2.31. The maximum Gasteiger partial charge on any atom is 0.172 e. The van der Waals surface area contributed by atoms with Gasteiger partial charge in [-0.2, -0.15) is 5.10 Å². The summed E-state index contributed by atoms with van der Waals surface area (Å²) in [5, 5.41) is 4.02. The van der Waals surface area contributed by atoms with Crippen LogP contribution >= 0.6 is 0 Å². The van der Waals surface area contributed by atoms with Crippen LogP contribution in [0.4, 0.5) is 0 Å². The van der Waals surface area contributed by atoms with Gasteiger partial charge in [-0.05, 0) is 25.0 Å². The van der Waals surface area contributed by atoms with Crippen molar-refractivity contribution in [3.63, 3.8) is 0 Å². The molecule has 96 valence electrons. The van der Waals surface area contributed by atoms with Crippen molar-refractivity contribution in [2.45, 2.75) is 19.3 Å². The monoisotopic (exact) mass is 255 g/mol. The Morgan fingerprint density at radius 2 is 2.05 bits per heavy atom. The molecule has 0 N–H and O–H groups in total. The van der Waals surface area contributed by atoms with Gasteiger partial charge in [0, 0.05) is 11.5 Å². The van der Waals surface area contributed by atoms with Gasteiger partial charge >= 0.3 is 0 Å². The van der Waals surface area contributed by atoms with Gasteiger partial charge in [-0.1, -0.05) is 12.1 Å². The van der Waals surface area contributed by atoms with Gasteiger partial charge in [0.15, 0.2) is 5.78 Å². The van der Waals surface area contributed by atoms with E-state index < -0.39 is 0 Å². The Morgan fingerprint density at radius 3 is 2.74 bits per heavy atom. The molecule has 0 aliphatic heterocycles. The molecule has 1 heterocycles. The van der Waals surface area contributed by atoms with Crippen molar-refractivity contribution < 1.29 is 9.59 Å². The van der Waals surface area contributed by atoms with E-state index in [1.807, 2.05) is 6.07 Å².